The van der Waals surface area contributed by atoms with Crippen molar-refractivity contribution in [3.63, 3.8) is 0 Å². The normalized spacial score (nSPS) is 22.6. The van der Waals surface area contributed by atoms with E-state index in [-0.39, 0.29) is 6.10 Å². The number of aliphatic hydroxyl groups is 1. The average molecular weight is 231 g/mol. The van der Waals surface area contributed by atoms with E-state index in [1.165, 1.54) is 0 Å². The van der Waals surface area contributed by atoms with Crippen LogP contribution in [0.4, 0.5) is 11.4 Å². The Morgan fingerprint density at radius 1 is 1.53 bits per heavy atom. The lowest BCUT2D eigenvalue weighted by atomic mass is 9.82. The molecule has 1 aromatic carbocycles. The third-order valence-electron chi connectivity index (χ3n) is 3.31. The number of aliphatic hydroxyl groups excluding tert-OH is 1. The molecule has 0 bridgehead atoms. The van der Waals surface area contributed by atoms with Crippen LogP contribution in [0.2, 0.25) is 0 Å². The van der Waals surface area contributed by atoms with Gasteiger partial charge in [0.15, 0.2) is 0 Å². The predicted molar refractivity (Wildman–Crippen MR) is 67.6 cm³/mol. The van der Waals surface area contributed by atoms with E-state index in [1.54, 1.807) is 12.1 Å². The molecule has 0 aliphatic heterocycles. The molecule has 4 nitrogen and oxygen atoms in total. The van der Waals surface area contributed by atoms with Gasteiger partial charge < -0.3 is 15.7 Å². The number of nitrogens with zero attached hydrogens (tertiary/aromatic N) is 2. The van der Waals surface area contributed by atoms with Crippen LogP contribution in [0.15, 0.2) is 18.2 Å². The molecule has 1 saturated carbocycles. The molecule has 0 spiro atoms. The van der Waals surface area contributed by atoms with E-state index in [4.69, 9.17) is 11.0 Å². The quantitative estimate of drug-likeness (QED) is 0.770. The Labute approximate surface area is 101 Å². The van der Waals surface area contributed by atoms with Gasteiger partial charge in [-0.05, 0) is 37.0 Å². The summed E-state index contributed by atoms with van der Waals surface area (Å²) in [6.07, 6.45) is 1.63. The number of nitrogen functional groups attached to an aromatic ring is 1. The van der Waals surface area contributed by atoms with E-state index in [9.17, 15) is 5.11 Å². The maximum Gasteiger partial charge on any atom is 0.0992 e. The molecule has 2 rings (SSSR count). The van der Waals surface area contributed by atoms with Crippen molar-refractivity contribution in [2.24, 2.45) is 5.92 Å². The summed E-state index contributed by atoms with van der Waals surface area (Å²) >= 11 is 0. The minimum absolute atomic E-state index is 0.119. The highest BCUT2D eigenvalue weighted by Gasteiger charge is 2.28. The first-order chi connectivity index (χ1) is 8.10. The van der Waals surface area contributed by atoms with Gasteiger partial charge in [0.1, 0.15) is 0 Å². The Hall–Kier alpha value is -1.73. The van der Waals surface area contributed by atoms with E-state index in [0.717, 1.165) is 25.1 Å². The Bertz CT molecular complexity index is 446. The Balaban J connectivity index is 2.04. The van der Waals surface area contributed by atoms with Crippen molar-refractivity contribution < 1.29 is 5.11 Å². The molecule has 0 heterocycles. The first kappa shape index (κ1) is 11.7. The first-order valence-electron chi connectivity index (χ1n) is 5.79. The smallest absolute Gasteiger partial charge is 0.0992 e. The fourth-order valence-electron chi connectivity index (χ4n) is 2.31. The van der Waals surface area contributed by atoms with E-state index in [1.807, 2.05) is 13.1 Å². The van der Waals surface area contributed by atoms with Crippen LogP contribution < -0.4 is 10.6 Å². The van der Waals surface area contributed by atoms with Crippen molar-refractivity contribution in [2.75, 3.05) is 24.2 Å². The van der Waals surface area contributed by atoms with Gasteiger partial charge in [-0.2, -0.15) is 5.26 Å². The predicted octanol–water partition coefficient (Wildman–Crippen LogP) is 1.35. The third kappa shape index (κ3) is 2.51. The van der Waals surface area contributed by atoms with Crippen molar-refractivity contribution in [3.8, 4) is 6.07 Å². The van der Waals surface area contributed by atoms with Gasteiger partial charge in [0.2, 0.25) is 0 Å². The van der Waals surface area contributed by atoms with Crippen LogP contribution in [0.25, 0.3) is 0 Å². The van der Waals surface area contributed by atoms with Crippen LogP contribution in [0.3, 0.4) is 0 Å². The van der Waals surface area contributed by atoms with E-state index < -0.39 is 0 Å². The molecule has 90 valence electrons. The second-order valence-corrected chi connectivity index (χ2v) is 4.76. The lowest BCUT2D eigenvalue weighted by molar-refractivity contribution is 0.0465. The molecule has 1 aliphatic carbocycles. The zero-order valence-corrected chi connectivity index (χ0v) is 9.93. The number of hydrogen-bond donors (Lipinski definition) is 2. The minimum Gasteiger partial charge on any atom is -0.397 e. The van der Waals surface area contributed by atoms with Crippen molar-refractivity contribution >= 4 is 11.4 Å². The molecule has 0 radical (unpaired) electrons. The summed E-state index contributed by atoms with van der Waals surface area (Å²) in [5.41, 5.74) is 8.08. The first-order valence-corrected chi connectivity index (χ1v) is 5.79. The maximum absolute atomic E-state index is 9.25. The fourth-order valence-corrected chi connectivity index (χ4v) is 2.31. The highest BCUT2D eigenvalue weighted by molar-refractivity contribution is 5.69. The van der Waals surface area contributed by atoms with Crippen LogP contribution in [0.5, 0.6) is 0 Å². The monoisotopic (exact) mass is 231 g/mol. The Kier molecular flexibility index (Phi) is 3.21. The molecule has 1 fully saturated rings. The van der Waals surface area contributed by atoms with Crippen LogP contribution in [0, 0.1) is 17.2 Å². The fraction of sp³-hybridized carbons (Fsp3) is 0.462. The van der Waals surface area contributed by atoms with Crippen LogP contribution in [-0.2, 0) is 0 Å². The highest BCUT2D eigenvalue weighted by Crippen LogP contribution is 2.30. The van der Waals surface area contributed by atoms with Gasteiger partial charge in [-0.15, -0.1) is 0 Å². The summed E-state index contributed by atoms with van der Waals surface area (Å²) in [7, 11) is 1.99. The zero-order chi connectivity index (χ0) is 12.4. The van der Waals surface area contributed by atoms with Crippen molar-refractivity contribution in [2.45, 2.75) is 18.9 Å². The standard InChI is InChI=1S/C13H17N3O/c1-16(8-10-4-11(17)5-10)13-3-2-9(7-14)6-12(13)15/h2-3,6,10-11,17H,4-5,8,15H2,1H3. The maximum atomic E-state index is 9.25. The number of anilines is 2. The van der Waals surface area contributed by atoms with E-state index in [0.29, 0.717) is 17.2 Å². The molecule has 0 unspecified atom stereocenters. The van der Waals surface area contributed by atoms with E-state index >= 15 is 0 Å². The van der Waals surface area contributed by atoms with Gasteiger partial charge in [-0.1, -0.05) is 0 Å². The number of nitriles is 1. The van der Waals surface area contributed by atoms with Crippen LogP contribution in [-0.4, -0.2) is 24.8 Å². The van der Waals surface area contributed by atoms with Crippen LogP contribution in [0.1, 0.15) is 18.4 Å². The number of rotatable bonds is 3. The lowest BCUT2D eigenvalue weighted by Gasteiger charge is -2.35. The topological polar surface area (TPSA) is 73.3 Å². The molecule has 0 saturated heterocycles. The summed E-state index contributed by atoms with van der Waals surface area (Å²) in [5.74, 6) is 0.546. The molecule has 0 atom stereocenters. The molecular formula is C13H17N3O. The number of hydrogen-bond acceptors (Lipinski definition) is 4. The Morgan fingerprint density at radius 2 is 2.24 bits per heavy atom. The minimum atomic E-state index is -0.119. The largest absolute Gasteiger partial charge is 0.397 e. The van der Waals surface area contributed by atoms with Gasteiger partial charge in [0.25, 0.3) is 0 Å². The van der Waals surface area contributed by atoms with Crippen LogP contribution >= 0.6 is 0 Å². The number of nitrogens with two attached hydrogens (primary N) is 1. The lowest BCUT2D eigenvalue weighted by Crippen LogP contribution is -2.37. The molecule has 0 amide bonds. The third-order valence-corrected chi connectivity index (χ3v) is 3.31. The summed E-state index contributed by atoms with van der Waals surface area (Å²) in [5, 5.41) is 18.0. The number of benzene rings is 1. The molecule has 1 aromatic rings. The average Bonchev–Trinajstić information content (AvgIpc) is 2.26. The van der Waals surface area contributed by atoms with Gasteiger partial charge >= 0.3 is 0 Å². The molecule has 17 heavy (non-hydrogen) atoms. The summed E-state index contributed by atoms with van der Waals surface area (Å²) in [6, 6.07) is 7.42. The van der Waals surface area contributed by atoms with Gasteiger partial charge in [-0.25, -0.2) is 0 Å². The van der Waals surface area contributed by atoms with Gasteiger partial charge in [0, 0.05) is 13.6 Å². The molecular weight excluding hydrogens is 214 g/mol. The van der Waals surface area contributed by atoms with Gasteiger partial charge in [-0.3, -0.25) is 0 Å². The summed E-state index contributed by atoms with van der Waals surface area (Å²) < 4.78 is 0. The van der Waals surface area contributed by atoms with Crippen molar-refractivity contribution in [1.82, 2.24) is 0 Å². The van der Waals surface area contributed by atoms with Gasteiger partial charge in [0.05, 0.1) is 29.1 Å². The Morgan fingerprint density at radius 3 is 2.76 bits per heavy atom. The summed E-state index contributed by atoms with van der Waals surface area (Å²) in [6.45, 7) is 0.896. The molecule has 4 heteroatoms. The highest BCUT2D eigenvalue weighted by atomic mass is 16.3. The second-order valence-electron chi connectivity index (χ2n) is 4.76. The molecule has 0 aromatic heterocycles. The zero-order valence-electron chi connectivity index (χ0n) is 9.93. The summed E-state index contributed by atoms with van der Waals surface area (Å²) in [4.78, 5) is 2.09. The van der Waals surface area contributed by atoms with Crippen molar-refractivity contribution in [3.05, 3.63) is 23.8 Å². The van der Waals surface area contributed by atoms with E-state index in [2.05, 4.69) is 11.0 Å². The SMILES string of the molecule is CN(CC1CC(O)C1)c1ccc(C#N)cc1N. The second kappa shape index (κ2) is 4.64. The molecule has 1 aliphatic rings. The van der Waals surface area contributed by atoms with Crippen molar-refractivity contribution in [1.29, 1.82) is 5.26 Å². The molecule has 3 N–H and O–H groups in total.